The summed E-state index contributed by atoms with van der Waals surface area (Å²) in [6, 6.07) is 2.46. The normalized spacial score (nSPS) is 21.8. The summed E-state index contributed by atoms with van der Waals surface area (Å²) in [5, 5.41) is 2.19. The van der Waals surface area contributed by atoms with Crippen LogP contribution in [0.25, 0.3) is 5.57 Å². The second kappa shape index (κ2) is 3.71. The Morgan fingerprint density at radius 3 is 2.79 bits per heavy atom. The number of rotatable bonds is 1. The SMILES string of the molecule is CC1=CC(c2cc(C)cs2)=CCC1N. The first kappa shape index (κ1) is 9.69. The second-order valence-corrected chi connectivity index (χ2v) is 4.79. The fourth-order valence-corrected chi connectivity index (χ4v) is 2.52. The first-order valence-electron chi connectivity index (χ1n) is 4.86. The molecule has 1 nitrogen and oxygen atoms in total. The molecule has 74 valence electrons. The van der Waals surface area contributed by atoms with Gasteiger partial charge in [-0.3, -0.25) is 0 Å². The molecule has 0 aliphatic heterocycles. The number of aryl methyl sites for hydroxylation is 1. The zero-order valence-corrected chi connectivity index (χ0v) is 9.40. The third-order valence-corrected chi connectivity index (χ3v) is 3.67. The highest BCUT2D eigenvalue weighted by Gasteiger charge is 2.11. The number of allylic oxidation sites excluding steroid dienone is 2. The Bertz CT molecular complexity index is 398. The van der Waals surface area contributed by atoms with E-state index >= 15 is 0 Å². The van der Waals surface area contributed by atoms with E-state index in [0.717, 1.165) is 6.42 Å². The lowest BCUT2D eigenvalue weighted by Crippen LogP contribution is -2.22. The summed E-state index contributed by atoms with van der Waals surface area (Å²) in [5.74, 6) is 0. The van der Waals surface area contributed by atoms with Crippen LogP contribution in [0.4, 0.5) is 0 Å². The van der Waals surface area contributed by atoms with Gasteiger partial charge >= 0.3 is 0 Å². The molecule has 0 saturated heterocycles. The maximum Gasteiger partial charge on any atom is 0.0342 e. The van der Waals surface area contributed by atoms with Gasteiger partial charge in [-0.2, -0.15) is 0 Å². The van der Waals surface area contributed by atoms with Crippen molar-refractivity contribution >= 4 is 16.9 Å². The molecule has 0 spiro atoms. The predicted octanol–water partition coefficient (Wildman–Crippen LogP) is 3.12. The molecule has 1 aliphatic rings. The zero-order chi connectivity index (χ0) is 10.1. The highest BCUT2D eigenvalue weighted by molar-refractivity contribution is 7.11. The standard InChI is InChI=1S/C12H15NS/c1-8-5-12(14-7-8)10-3-4-11(13)9(2)6-10/h3,5-7,11H,4,13H2,1-2H3. The van der Waals surface area contributed by atoms with Crippen molar-refractivity contribution in [2.24, 2.45) is 5.73 Å². The van der Waals surface area contributed by atoms with Gasteiger partial charge in [0.15, 0.2) is 0 Å². The van der Waals surface area contributed by atoms with Crippen molar-refractivity contribution in [1.29, 1.82) is 0 Å². The van der Waals surface area contributed by atoms with Gasteiger partial charge in [0.1, 0.15) is 0 Å². The quantitative estimate of drug-likeness (QED) is 0.749. The topological polar surface area (TPSA) is 26.0 Å². The van der Waals surface area contributed by atoms with Crippen molar-refractivity contribution < 1.29 is 0 Å². The maximum absolute atomic E-state index is 5.91. The van der Waals surface area contributed by atoms with E-state index in [2.05, 4.69) is 37.4 Å². The van der Waals surface area contributed by atoms with E-state index in [9.17, 15) is 0 Å². The Kier molecular flexibility index (Phi) is 2.57. The molecule has 2 rings (SSSR count). The summed E-state index contributed by atoms with van der Waals surface area (Å²) in [7, 11) is 0. The Balaban J connectivity index is 2.30. The largest absolute Gasteiger partial charge is 0.324 e. The highest BCUT2D eigenvalue weighted by Crippen LogP contribution is 2.28. The second-order valence-electron chi connectivity index (χ2n) is 3.88. The predicted molar refractivity (Wildman–Crippen MR) is 63.4 cm³/mol. The Morgan fingerprint density at radius 1 is 1.43 bits per heavy atom. The van der Waals surface area contributed by atoms with Crippen LogP contribution in [0.1, 0.15) is 23.8 Å². The molecule has 1 unspecified atom stereocenters. The van der Waals surface area contributed by atoms with Gasteiger partial charge < -0.3 is 5.73 Å². The Morgan fingerprint density at radius 2 is 2.21 bits per heavy atom. The fourth-order valence-electron chi connectivity index (χ4n) is 1.61. The third kappa shape index (κ3) is 1.81. The minimum absolute atomic E-state index is 0.222. The summed E-state index contributed by atoms with van der Waals surface area (Å²) in [6.45, 7) is 4.24. The average Bonchev–Trinajstić information content (AvgIpc) is 2.57. The maximum atomic E-state index is 5.91. The molecule has 2 N–H and O–H groups in total. The molecular weight excluding hydrogens is 190 g/mol. The minimum Gasteiger partial charge on any atom is -0.324 e. The third-order valence-electron chi connectivity index (χ3n) is 2.57. The molecule has 0 aromatic carbocycles. The van der Waals surface area contributed by atoms with Gasteiger partial charge in [0.2, 0.25) is 0 Å². The van der Waals surface area contributed by atoms with Crippen molar-refractivity contribution in [3.8, 4) is 0 Å². The first-order valence-corrected chi connectivity index (χ1v) is 5.74. The molecule has 1 aromatic heterocycles. The van der Waals surface area contributed by atoms with E-state index in [1.807, 2.05) is 0 Å². The Labute approximate surface area is 88.9 Å². The van der Waals surface area contributed by atoms with Gasteiger partial charge in [0.05, 0.1) is 0 Å². The van der Waals surface area contributed by atoms with Crippen LogP contribution in [0.2, 0.25) is 0 Å². The minimum atomic E-state index is 0.222. The molecule has 2 heteroatoms. The van der Waals surface area contributed by atoms with Crippen LogP contribution in [-0.4, -0.2) is 6.04 Å². The van der Waals surface area contributed by atoms with Gasteiger partial charge in [-0.05, 0) is 42.9 Å². The van der Waals surface area contributed by atoms with E-state index in [4.69, 9.17) is 5.73 Å². The lowest BCUT2D eigenvalue weighted by atomic mass is 9.95. The van der Waals surface area contributed by atoms with Crippen LogP contribution in [0.5, 0.6) is 0 Å². The summed E-state index contributed by atoms with van der Waals surface area (Å²) >= 11 is 1.81. The molecule has 14 heavy (non-hydrogen) atoms. The van der Waals surface area contributed by atoms with Crippen molar-refractivity contribution in [1.82, 2.24) is 0 Å². The Hall–Kier alpha value is -0.860. The van der Waals surface area contributed by atoms with Crippen molar-refractivity contribution in [2.45, 2.75) is 26.3 Å². The number of hydrogen-bond donors (Lipinski definition) is 1. The summed E-state index contributed by atoms with van der Waals surface area (Å²) in [6.07, 6.45) is 5.41. The molecular formula is C12H15NS. The van der Waals surface area contributed by atoms with Crippen molar-refractivity contribution in [3.63, 3.8) is 0 Å². The van der Waals surface area contributed by atoms with Crippen LogP contribution >= 0.6 is 11.3 Å². The molecule has 1 heterocycles. The lowest BCUT2D eigenvalue weighted by Gasteiger charge is -2.16. The van der Waals surface area contributed by atoms with Gasteiger partial charge in [-0.25, -0.2) is 0 Å². The number of nitrogens with two attached hydrogens (primary N) is 1. The fraction of sp³-hybridized carbons (Fsp3) is 0.333. The summed E-state index contributed by atoms with van der Waals surface area (Å²) < 4.78 is 0. The van der Waals surface area contributed by atoms with E-state index in [1.54, 1.807) is 11.3 Å². The number of thiophene rings is 1. The van der Waals surface area contributed by atoms with E-state index in [0.29, 0.717) is 0 Å². The molecule has 0 bridgehead atoms. The number of hydrogen-bond acceptors (Lipinski definition) is 2. The molecule has 1 aliphatic carbocycles. The molecule has 0 amide bonds. The monoisotopic (exact) mass is 205 g/mol. The van der Waals surface area contributed by atoms with Crippen LogP contribution in [0.3, 0.4) is 0 Å². The van der Waals surface area contributed by atoms with Crippen LogP contribution in [-0.2, 0) is 0 Å². The summed E-state index contributed by atoms with van der Waals surface area (Å²) in [4.78, 5) is 1.36. The van der Waals surface area contributed by atoms with Crippen LogP contribution in [0.15, 0.2) is 29.2 Å². The van der Waals surface area contributed by atoms with Gasteiger partial charge in [0.25, 0.3) is 0 Å². The van der Waals surface area contributed by atoms with Crippen molar-refractivity contribution in [3.05, 3.63) is 39.6 Å². The van der Waals surface area contributed by atoms with E-state index in [1.165, 1.54) is 21.6 Å². The van der Waals surface area contributed by atoms with Crippen LogP contribution in [0, 0.1) is 6.92 Å². The van der Waals surface area contributed by atoms with E-state index in [-0.39, 0.29) is 6.04 Å². The zero-order valence-electron chi connectivity index (χ0n) is 8.58. The first-order chi connectivity index (χ1) is 6.66. The molecule has 0 fully saturated rings. The van der Waals surface area contributed by atoms with Crippen LogP contribution < -0.4 is 5.73 Å². The van der Waals surface area contributed by atoms with Gasteiger partial charge in [0, 0.05) is 10.9 Å². The van der Waals surface area contributed by atoms with Gasteiger partial charge in [-0.1, -0.05) is 17.7 Å². The lowest BCUT2D eigenvalue weighted by molar-refractivity contribution is 0.777. The molecule has 1 atom stereocenters. The summed E-state index contributed by atoms with van der Waals surface area (Å²) in [5.41, 5.74) is 9.88. The van der Waals surface area contributed by atoms with Gasteiger partial charge in [-0.15, -0.1) is 11.3 Å². The molecule has 0 saturated carbocycles. The molecule has 1 aromatic rings. The van der Waals surface area contributed by atoms with Crippen molar-refractivity contribution in [2.75, 3.05) is 0 Å². The average molecular weight is 205 g/mol. The smallest absolute Gasteiger partial charge is 0.0342 e. The molecule has 0 radical (unpaired) electrons. The van der Waals surface area contributed by atoms with E-state index < -0.39 is 0 Å². The highest BCUT2D eigenvalue weighted by atomic mass is 32.1.